The molecule has 0 fully saturated rings. The standard InChI is InChI=1S/C10H22O4S.Na/c1-9(11)7-5-3-4-6-8-10(2)15(12,13)14;/h9-11H,3-8H2,1-2H3,(H,12,13,14);/q;+1/p-1. The minimum atomic E-state index is -4.10. The first kappa shape index (κ1) is 19.2. The van der Waals surface area contributed by atoms with Gasteiger partial charge in [0.1, 0.15) is 0 Å². The molecule has 0 aliphatic rings. The summed E-state index contributed by atoms with van der Waals surface area (Å²) in [5.41, 5.74) is 0. The van der Waals surface area contributed by atoms with Crippen molar-refractivity contribution in [2.45, 2.75) is 63.7 Å². The molecule has 0 heterocycles. The topological polar surface area (TPSA) is 77.4 Å². The fraction of sp³-hybridized carbons (Fsp3) is 1.00. The average molecular weight is 260 g/mol. The quantitative estimate of drug-likeness (QED) is 0.332. The van der Waals surface area contributed by atoms with E-state index in [0.29, 0.717) is 6.42 Å². The first-order valence-corrected chi connectivity index (χ1v) is 6.94. The summed E-state index contributed by atoms with van der Waals surface area (Å²) in [5, 5.41) is 8.21. The minimum Gasteiger partial charge on any atom is -0.748 e. The molecule has 0 aliphatic carbocycles. The van der Waals surface area contributed by atoms with Gasteiger partial charge in [0, 0.05) is 5.25 Å². The Labute approximate surface area is 121 Å². The Hall–Kier alpha value is 0.870. The van der Waals surface area contributed by atoms with Crippen LogP contribution in [0.3, 0.4) is 0 Å². The first-order chi connectivity index (χ1) is 6.84. The van der Waals surface area contributed by atoms with Gasteiger partial charge in [-0.15, -0.1) is 0 Å². The summed E-state index contributed by atoms with van der Waals surface area (Å²) in [6, 6.07) is 0. The van der Waals surface area contributed by atoms with E-state index in [4.69, 9.17) is 5.11 Å². The fourth-order valence-corrected chi connectivity index (χ4v) is 1.82. The largest absolute Gasteiger partial charge is 1.00 e. The smallest absolute Gasteiger partial charge is 0.748 e. The molecule has 0 rings (SSSR count). The molecule has 0 bridgehead atoms. The number of unbranched alkanes of at least 4 members (excludes halogenated alkanes) is 3. The molecule has 0 aliphatic heterocycles. The number of hydrogen-bond donors (Lipinski definition) is 1. The Balaban J connectivity index is 0. The van der Waals surface area contributed by atoms with Gasteiger partial charge in [-0.3, -0.25) is 0 Å². The molecule has 92 valence electrons. The second kappa shape index (κ2) is 9.85. The Morgan fingerprint density at radius 1 is 1.06 bits per heavy atom. The molecule has 0 aromatic heterocycles. The van der Waals surface area contributed by atoms with Crippen LogP contribution in [0.1, 0.15) is 52.4 Å². The van der Waals surface area contributed by atoms with Crippen LogP contribution in [0, 0.1) is 0 Å². The predicted octanol–water partition coefficient (Wildman–Crippen LogP) is -1.35. The van der Waals surface area contributed by atoms with E-state index in [1.807, 2.05) is 0 Å². The van der Waals surface area contributed by atoms with Gasteiger partial charge >= 0.3 is 29.6 Å². The van der Waals surface area contributed by atoms with Crippen molar-refractivity contribution in [3.63, 3.8) is 0 Å². The van der Waals surface area contributed by atoms with Crippen molar-refractivity contribution < 1.29 is 47.6 Å². The Morgan fingerprint density at radius 2 is 1.50 bits per heavy atom. The van der Waals surface area contributed by atoms with Crippen molar-refractivity contribution in [2.75, 3.05) is 0 Å². The number of aliphatic hydroxyl groups is 1. The van der Waals surface area contributed by atoms with Crippen LogP contribution >= 0.6 is 0 Å². The molecule has 0 amide bonds. The second-order valence-corrected chi connectivity index (χ2v) is 5.93. The van der Waals surface area contributed by atoms with Crippen molar-refractivity contribution >= 4 is 10.1 Å². The number of aliphatic hydroxyl groups excluding tert-OH is 1. The molecule has 16 heavy (non-hydrogen) atoms. The summed E-state index contributed by atoms with van der Waals surface area (Å²) in [7, 11) is -4.10. The van der Waals surface area contributed by atoms with Gasteiger partial charge in [-0.25, -0.2) is 8.42 Å². The van der Waals surface area contributed by atoms with Gasteiger partial charge in [-0.1, -0.05) is 25.7 Å². The van der Waals surface area contributed by atoms with E-state index >= 15 is 0 Å². The zero-order chi connectivity index (χ0) is 11.9. The maximum atomic E-state index is 10.6. The van der Waals surface area contributed by atoms with Gasteiger partial charge in [-0.2, -0.15) is 0 Å². The van der Waals surface area contributed by atoms with Crippen molar-refractivity contribution in [3.8, 4) is 0 Å². The van der Waals surface area contributed by atoms with Crippen LogP contribution in [-0.2, 0) is 10.1 Å². The van der Waals surface area contributed by atoms with Gasteiger partial charge < -0.3 is 9.66 Å². The molecule has 0 aromatic carbocycles. The van der Waals surface area contributed by atoms with Crippen molar-refractivity contribution in [1.82, 2.24) is 0 Å². The van der Waals surface area contributed by atoms with Gasteiger partial charge in [0.25, 0.3) is 0 Å². The Kier molecular flexibility index (Phi) is 11.8. The van der Waals surface area contributed by atoms with Crippen molar-refractivity contribution in [2.24, 2.45) is 0 Å². The monoisotopic (exact) mass is 260 g/mol. The minimum absolute atomic E-state index is 0. The summed E-state index contributed by atoms with van der Waals surface area (Å²) in [6.45, 7) is 3.21. The third kappa shape index (κ3) is 11.4. The summed E-state index contributed by atoms with van der Waals surface area (Å²) in [4.78, 5) is 0. The van der Waals surface area contributed by atoms with E-state index < -0.39 is 15.4 Å². The SMILES string of the molecule is CC(O)CCCCCCC(C)S(=O)(=O)[O-].[Na+]. The summed E-state index contributed by atoms with van der Waals surface area (Å²) < 4.78 is 31.7. The molecule has 0 saturated heterocycles. The van der Waals surface area contributed by atoms with Crippen LogP contribution in [0.5, 0.6) is 0 Å². The van der Waals surface area contributed by atoms with E-state index in [-0.39, 0.29) is 35.7 Å². The van der Waals surface area contributed by atoms with Crippen LogP contribution in [0.25, 0.3) is 0 Å². The molecule has 1 N–H and O–H groups in total. The molecule has 0 saturated carbocycles. The van der Waals surface area contributed by atoms with Gasteiger partial charge in [0.05, 0.1) is 16.2 Å². The predicted molar refractivity (Wildman–Crippen MR) is 58.5 cm³/mol. The second-order valence-electron chi connectivity index (χ2n) is 4.14. The maximum Gasteiger partial charge on any atom is 1.00 e. The van der Waals surface area contributed by atoms with Gasteiger partial charge in [-0.05, 0) is 26.7 Å². The van der Waals surface area contributed by atoms with Gasteiger partial charge in [0.2, 0.25) is 0 Å². The normalized spacial score (nSPS) is 15.2. The molecule has 0 spiro atoms. The molecular weight excluding hydrogens is 239 g/mol. The van der Waals surface area contributed by atoms with E-state index in [1.165, 1.54) is 6.92 Å². The van der Waals surface area contributed by atoms with E-state index in [1.54, 1.807) is 6.92 Å². The molecule has 2 unspecified atom stereocenters. The summed E-state index contributed by atoms with van der Waals surface area (Å²) in [5.74, 6) is 0. The van der Waals surface area contributed by atoms with Crippen LogP contribution in [0.4, 0.5) is 0 Å². The van der Waals surface area contributed by atoms with Crippen LogP contribution in [0.2, 0.25) is 0 Å². The summed E-state index contributed by atoms with van der Waals surface area (Å²) in [6.07, 6.45) is 4.60. The molecular formula is C10H21NaO4S. The first-order valence-electron chi connectivity index (χ1n) is 5.47. The number of hydrogen-bond acceptors (Lipinski definition) is 4. The molecule has 2 atom stereocenters. The van der Waals surface area contributed by atoms with E-state index in [9.17, 15) is 13.0 Å². The zero-order valence-corrected chi connectivity index (χ0v) is 13.3. The van der Waals surface area contributed by atoms with Crippen LogP contribution < -0.4 is 29.6 Å². The third-order valence-corrected chi connectivity index (χ3v) is 3.70. The number of rotatable bonds is 8. The Bertz CT molecular complexity index is 252. The molecule has 4 nitrogen and oxygen atoms in total. The fourth-order valence-electron chi connectivity index (χ4n) is 1.37. The third-order valence-electron chi connectivity index (χ3n) is 2.48. The van der Waals surface area contributed by atoms with Crippen molar-refractivity contribution in [1.29, 1.82) is 0 Å². The summed E-state index contributed by atoms with van der Waals surface area (Å²) >= 11 is 0. The Morgan fingerprint density at radius 3 is 1.88 bits per heavy atom. The van der Waals surface area contributed by atoms with Crippen LogP contribution in [0.15, 0.2) is 0 Å². The van der Waals surface area contributed by atoms with Crippen molar-refractivity contribution in [3.05, 3.63) is 0 Å². The van der Waals surface area contributed by atoms with E-state index in [2.05, 4.69) is 0 Å². The maximum absolute atomic E-state index is 10.6. The molecule has 6 heteroatoms. The molecule has 0 radical (unpaired) electrons. The van der Waals surface area contributed by atoms with E-state index in [0.717, 1.165) is 32.1 Å². The molecule has 0 aromatic rings. The average Bonchev–Trinajstić information content (AvgIpc) is 2.08. The van der Waals surface area contributed by atoms with Gasteiger partial charge in [0.15, 0.2) is 0 Å². The zero-order valence-electron chi connectivity index (χ0n) is 10.5. The van der Waals surface area contributed by atoms with Crippen LogP contribution in [-0.4, -0.2) is 29.4 Å².